The van der Waals surface area contributed by atoms with Gasteiger partial charge in [-0.1, -0.05) is 6.92 Å². The van der Waals surface area contributed by atoms with E-state index in [0.29, 0.717) is 17.5 Å². The second-order valence-corrected chi connectivity index (χ2v) is 5.83. The highest BCUT2D eigenvalue weighted by Crippen LogP contribution is 2.55. The van der Waals surface area contributed by atoms with Gasteiger partial charge in [-0.25, -0.2) is 0 Å². The molecule has 2 aliphatic carbocycles. The van der Waals surface area contributed by atoms with Crippen molar-refractivity contribution in [2.24, 2.45) is 11.1 Å². The molecule has 2 fully saturated rings. The third-order valence-corrected chi connectivity index (χ3v) is 4.70. The lowest BCUT2D eigenvalue weighted by Crippen LogP contribution is -2.43. The van der Waals surface area contributed by atoms with E-state index in [2.05, 4.69) is 25.7 Å². The molecule has 1 atom stereocenters. The van der Waals surface area contributed by atoms with E-state index in [1.807, 2.05) is 0 Å². The van der Waals surface area contributed by atoms with Gasteiger partial charge in [0.1, 0.15) is 0 Å². The van der Waals surface area contributed by atoms with E-state index in [9.17, 15) is 0 Å². The Labute approximate surface area is 94.2 Å². The number of hydrogen-bond donors (Lipinski definition) is 1. The number of nitrogens with two attached hydrogens (primary N) is 1. The number of rotatable bonds is 3. The molecular weight excluding hydrogens is 184 g/mol. The maximum absolute atomic E-state index is 6.03. The molecule has 2 rings (SSSR count). The van der Waals surface area contributed by atoms with Gasteiger partial charge in [0.05, 0.1) is 0 Å². The van der Waals surface area contributed by atoms with Crippen LogP contribution in [0.5, 0.6) is 0 Å². The molecule has 0 heterocycles. The molecule has 0 bridgehead atoms. The highest BCUT2D eigenvalue weighted by atomic mass is 15.2. The molecule has 0 radical (unpaired) electrons. The molecule has 1 spiro atoms. The van der Waals surface area contributed by atoms with Crippen molar-refractivity contribution in [2.75, 3.05) is 6.54 Å². The zero-order chi connectivity index (χ0) is 11.1. The third-order valence-electron chi connectivity index (χ3n) is 4.70. The average molecular weight is 210 g/mol. The molecular formula is C13H26N2. The largest absolute Gasteiger partial charge is 0.327 e. The summed E-state index contributed by atoms with van der Waals surface area (Å²) in [6, 6.07) is 2.06. The number of hydrogen-bond acceptors (Lipinski definition) is 2. The van der Waals surface area contributed by atoms with E-state index in [1.165, 1.54) is 38.6 Å². The van der Waals surface area contributed by atoms with Gasteiger partial charge in [0, 0.05) is 18.1 Å². The Bertz CT molecular complexity index is 217. The molecule has 15 heavy (non-hydrogen) atoms. The van der Waals surface area contributed by atoms with Crippen molar-refractivity contribution in [2.45, 2.75) is 71.0 Å². The zero-order valence-corrected chi connectivity index (χ0v) is 10.5. The van der Waals surface area contributed by atoms with Gasteiger partial charge in [-0.3, -0.25) is 4.90 Å². The molecule has 2 aliphatic rings. The summed E-state index contributed by atoms with van der Waals surface area (Å²) in [7, 11) is 0. The maximum atomic E-state index is 6.03. The van der Waals surface area contributed by atoms with Crippen molar-refractivity contribution in [3.8, 4) is 0 Å². The highest BCUT2D eigenvalue weighted by molar-refractivity contribution is 5.08. The first-order valence-electron chi connectivity index (χ1n) is 6.60. The lowest BCUT2D eigenvalue weighted by Gasteiger charge is -2.39. The molecule has 0 aromatic rings. The fraction of sp³-hybridized carbons (Fsp3) is 1.00. The van der Waals surface area contributed by atoms with Crippen LogP contribution < -0.4 is 5.73 Å². The van der Waals surface area contributed by atoms with E-state index in [-0.39, 0.29) is 0 Å². The Morgan fingerprint density at radius 3 is 2.20 bits per heavy atom. The van der Waals surface area contributed by atoms with E-state index in [1.54, 1.807) is 0 Å². The molecule has 0 aliphatic heterocycles. The van der Waals surface area contributed by atoms with Gasteiger partial charge in [-0.05, 0) is 57.9 Å². The first kappa shape index (κ1) is 11.4. The van der Waals surface area contributed by atoms with Crippen molar-refractivity contribution < 1.29 is 0 Å². The normalized spacial score (nSPS) is 40.4. The highest BCUT2D eigenvalue weighted by Gasteiger charge is 2.53. The first-order chi connectivity index (χ1) is 7.09. The Kier molecular flexibility index (Phi) is 3.09. The minimum Gasteiger partial charge on any atom is -0.327 e. The van der Waals surface area contributed by atoms with Crippen LogP contribution in [-0.4, -0.2) is 29.6 Å². The molecule has 2 heteroatoms. The Morgan fingerprint density at radius 2 is 1.87 bits per heavy atom. The second kappa shape index (κ2) is 4.06. The van der Waals surface area contributed by atoms with Crippen molar-refractivity contribution in [1.82, 2.24) is 4.90 Å². The second-order valence-electron chi connectivity index (χ2n) is 5.83. The van der Waals surface area contributed by atoms with Crippen LogP contribution in [0.25, 0.3) is 0 Å². The predicted octanol–water partition coefficient (Wildman–Crippen LogP) is 2.38. The van der Waals surface area contributed by atoms with Gasteiger partial charge in [0.2, 0.25) is 0 Å². The number of nitrogens with zero attached hydrogens (tertiary/aromatic N) is 1. The van der Waals surface area contributed by atoms with Gasteiger partial charge in [-0.15, -0.1) is 0 Å². The van der Waals surface area contributed by atoms with Crippen molar-refractivity contribution in [3.05, 3.63) is 0 Å². The third kappa shape index (κ3) is 2.07. The summed E-state index contributed by atoms with van der Waals surface area (Å²) in [4.78, 5) is 2.65. The van der Waals surface area contributed by atoms with Crippen LogP contribution in [0, 0.1) is 5.41 Å². The summed E-state index contributed by atoms with van der Waals surface area (Å²) in [6.07, 6.45) is 6.80. The molecule has 88 valence electrons. The Balaban J connectivity index is 1.87. The van der Waals surface area contributed by atoms with Crippen molar-refractivity contribution in [1.29, 1.82) is 0 Å². The van der Waals surface area contributed by atoms with Crippen LogP contribution in [-0.2, 0) is 0 Å². The van der Waals surface area contributed by atoms with Crippen LogP contribution in [0.3, 0.4) is 0 Å². The molecule has 0 aromatic carbocycles. The van der Waals surface area contributed by atoms with Crippen LogP contribution in [0.15, 0.2) is 0 Å². The minimum atomic E-state index is 0.535. The van der Waals surface area contributed by atoms with E-state index in [0.717, 1.165) is 6.04 Å². The molecule has 0 saturated heterocycles. The van der Waals surface area contributed by atoms with Crippen molar-refractivity contribution in [3.63, 3.8) is 0 Å². The molecule has 2 nitrogen and oxygen atoms in total. The van der Waals surface area contributed by atoms with Crippen LogP contribution in [0.4, 0.5) is 0 Å². The SMILES string of the molecule is CCN(C(C)C)C1CCC2(CC1)CC2N. The van der Waals surface area contributed by atoms with Crippen molar-refractivity contribution >= 4 is 0 Å². The monoisotopic (exact) mass is 210 g/mol. The van der Waals surface area contributed by atoms with Crippen LogP contribution >= 0.6 is 0 Å². The standard InChI is InChI=1S/C13H26N2/c1-4-15(10(2)3)11-5-7-13(8-6-11)9-12(13)14/h10-12H,4-9,14H2,1-3H3. The lowest BCUT2D eigenvalue weighted by atomic mass is 9.82. The fourth-order valence-corrected chi connectivity index (χ4v) is 3.51. The Hall–Kier alpha value is -0.0800. The Morgan fingerprint density at radius 1 is 1.33 bits per heavy atom. The summed E-state index contributed by atoms with van der Waals surface area (Å²) in [5.41, 5.74) is 6.62. The summed E-state index contributed by atoms with van der Waals surface area (Å²) in [6.45, 7) is 8.11. The zero-order valence-electron chi connectivity index (χ0n) is 10.5. The molecule has 2 saturated carbocycles. The van der Waals surface area contributed by atoms with Gasteiger partial charge in [0.15, 0.2) is 0 Å². The summed E-state index contributed by atoms with van der Waals surface area (Å²) in [5, 5.41) is 0. The molecule has 0 amide bonds. The summed E-state index contributed by atoms with van der Waals surface area (Å²) >= 11 is 0. The molecule has 0 aromatic heterocycles. The van der Waals surface area contributed by atoms with E-state index >= 15 is 0 Å². The van der Waals surface area contributed by atoms with Gasteiger partial charge in [0.25, 0.3) is 0 Å². The fourth-order valence-electron chi connectivity index (χ4n) is 3.51. The maximum Gasteiger partial charge on any atom is 0.0102 e. The lowest BCUT2D eigenvalue weighted by molar-refractivity contribution is 0.105. The predicted molar refractivity (Wildman–Crippen MR) is 64.8 cm³/mol. The topological polar surface area (TPSA) is 29.3 Å². The smallest absolute Gasteiger partial charge is 0.0102 e. The van der Waals surface area contributed by atoms with Gasteiger partial charge >= 0.3 is 0 Å². The summed E-state index contributed by atoms with van der Waals surface area (Å²) < 4.78 is 0. The van der Waals surface area contributed by atoms with Gasteiger partial charge < -0.3 is 5.73 Å². The van der Waals surface area contributed by atoms with E-state index in [4.69, 9.17) is 5.73 Å². The minimum absolute atomic E-state index is 0.535. The quantitative estimate of drug-likeness (QED) is 0.775. The van der Waals surface area contributed by atoms with Crippen LogP contribution in [0.1, 0.15) is 52.9 Å². The molecule has 2 N–H and O–H groups in total. The van der Waals surface area contributed by atoms with E-state index < -0.39 is 0 Å². The molecule has 1 unspecified atom stereocenters. The summed E-state index contributed by atoms with van der Waals surface area (Å²) in [5.74, 6) is 0. The first-order valence-corrected chi connectivity index (χ1v) is 6.60. The van der Waals surface area contributed by atoms with Gasteiger partial charge in [-0.2, -0.15) is 0 Å². The van der Waals surface area contributed by atoms with Crippen LogP contribution in [0.2, 0.25) is 0 Å². The average Bonchev–Trinajstić information content (AvgIpc) is 2.81.